The maximum Gasteiger partial charge on any atom is 0.181 e. The van der Waals surface area contributed by atoms with Crippen LogP contribution in [0, 0.1) is 0 Å². The number of hydrogen-bond acceptors (Lipinski definition) is 3. The average Bonchev–Trinajstić information content (AvgIpc) is 2.18. The molecular formula is C9H11FO3S. The van der Waals surface area contributed by atoms with Gasteiger partial charge in [0.15, 0.2) is 9.84 Å². The van der Waals surface area contributed by atoms with Crippen LogP contribution in [-0.4, -0.2) is 32.1 Å². The van der Waals surface area contributed by atoms with Crippen LogP contribution >= 0.6 is 0 Å². The third kappa shape index (κ3) is 2.78. The van der Waals surface area contributed by atoms with Gasteiger partial charge in [-0.3, -0.25) is 0 Å². The lowest BCUT2D eigenvalue weighted by atomic mass is 10.4. The summed E-state index contributed by atoms with van der Waals surface area (Å²) in [4.78, 5) is 0.104. The minimum absolute atomic E-state index is 0.104. The first kappa shape index (κ1) is 11.1. The fraction of sp³-hybridized carbons (Fsp3) is 0.333. The van der Waals surface area contributed by atoms with Crippen LogP contribution in [-0.2, 0) is 9.84 Å². The minimum atomic E-state index is -3.56. The largest absolute Gasteiger partial charge is 0.389 e. The van der Waals surface area contributed by atoms with E-state index in [-0.39, 0.29) is 4.90 Å². The lowest BCUT2D eigenvalue weighted by Gasteiger charge is -2.06. The molecule has 0 radical (unpaired) electrons. The van der Waals surface area contributed by atoms with E-state index >= 15 is 0 Å². The van der Waals surface area contributed by atoms with Crippen molar-refractivity contribution >= 4 is 9.84 Å². The van der Waals surface area contributed by atoms with Gasteiger partial charge in [0, 0.05) is 0 Å². The fourth-order valence-electron chi connectivity index (χ4n) is 1.02. The lowest BCUT2D eigenvalue weighted by Crippen LogP contribution is -2.22. The molecule has 78 valence electrons. The van der Waals surface area contributed by atoms with Crippen LogP contribution in [0.3, 0.4) is 0 Å². The van der Waals surface area contributed by atoms with Crippen LogP contribution in [0.2, 0.25) is 0 Å². The van der Waals surface area contributed by atoms with Gasteiger partial charge in [-0.05, 0) is 12.1 Å². The number of sulfone groups is 1. The van der Waals surface area contributed by atoms with E-state index in [0.29, 0.717) is 0 Å². The van der Waals surface area contributed by atoms with Crippen molar-refractivity contribution in [2.45, 2.75) is 11.0 Å². The molecule has 0 bridgehead atoms. The van der Waals surface area contributed by atoms with E-state index < -0.39 is 28.4 Å². The van der Waals surface area contributed by atoms with Crippen molar-refractivity contribution in [3.8, 4) is 0 Å². The lowest BCUT2D eigenvalue weighted by molar-refractivity contribution is 0.160. The first-order chi connectivity index (χ1) is 6.56. The van der Waals surface area contributed by atoms with Crippen LogP contribution < -0.4 is 0 Å². The monoisotopic (exact) mass is 218 g/mol. The van der Waals surface area contributed by atoms with E-state index in [2.05, 4.69) is 0 Å². The van der Waals surface area contributed by atoms with Crippen molar-refractivity contribution < 1.29 is 17.9 Å². The van der Waals surface area contributed by atoms with Crippen LogP contribution in [0.15, 0.2) is 35.2 Å². The molecule has 5 heteroatoms. The van der Waals surface area contributed by atoms with Crippen molar-refractivity contribution in [1.82, 2.24) is 0 Å². The highest BCUT2D eigenvalue weighted by atomic mass is 32.2. The van der Waals surface area contributed by atoms with Gasteiger partial charge in [0.2, 0.25) is 0 Å². The Kier molecular flexibility index (Phi) is 3.60. The minimum Gasteiger partial charge on any atom is -0.389 e. The molecule has 0 aliphatic heterocycles. The summed E-state index contributed by atoms with van der Waals surface area (Å²) in [6, 6.07) is 7.68. The Hall–Kier alpha value is -0.940. The maximum absolute atomic E-state index is 11.9. The molecule has 1 N–H and O–H groups in total. The molecule has 1 atom stereocenters. The normalized spacial score (nSPS) is 13.9. The molecule has 14 heavy (non-hydrogen) atoms. The van der Waals surface area contributed by atoms with Crippen molar-refractivity contribution in [3.05, 3.63) is 30.3 Å². The zero-order valence-corrected chi connectivity index (χ0v) is 8.24. The van der Waals surface area contributed by atoms with Crippen LogP contribution in [0.4, 0.5) is 4.39 Å². The van der Waals surface area contributed by atoms with Gasteiger partial charge < -0.3 is 5.11 Å². The summed E-state index contributed by atoms with van der Waals surface area (Å²) in [6.07, 6.45) is -1.44. The maximum atomic E-state index is 11.9. The standard InChI is InChI=1S/C9H11FO3S/c10-6-8(11)7-14(12,13)9-4-2-1-3-5-9/h1-5,8,11H,6-7H2. The topological polar surface area (TPSA) is 54.4 Å². The number of aliphatic hydroxyl groups excluding tert-OH is 1. The second-order valence-electron chi connectivity index (χ2n) is 2.90. The second-order valence-corrected chi connectivity index (χ2v) is 4.94. The summed E-state index contributed by atoms with van der Waals surface area (Å²) < 4.78 is 34.9. The molecule has 1 unspecified atom stereocenters. The van der Waals surface area contributed by atoms with Crippen molar-refractivity contribution in [2.75, 3.05) is 12.4 Å². The number of aliphatic hydroxyl groups is 1. The third-order valence-corrected chi connectivity index (χ3v) is 3.51. The molecule has 0 amide bonds. The molecule has 3 nitrogen and oxygen atoms in total. The summed E-state index contributed by atoms with van der Waals surface area (Å²) >= 11 is 0. The second kappa shape index (κ2) is 4.52. The average molecular weight is 218 g/mol. The summed E-state index contributed by atoms with van der Waals surface area (Å²) in [5, 5.41) is 8.90. The van der Waals surface area contributed by atoms with E-state index in [9.17, 15) is 12.8 Å². The molecule has 0 aliphatic carbocycles. The molecule has 1 aromatic rings. The first-order valence-electron chi connectivity index (χ1n) is 4.08. The van der Waals surface area contributed by atoms with Gasteiger partial charge in [0.1, 0.15) is 6.67 Å². The van der Waals surface area contributed by atoms with Gasteiger partial charge in [-0.1, -0.05) is 18.2 Å². The highest BCUT2D eigenvalue weighted by molar-refractivity contribution is 7.91. The van der Waals surface area contributed by atoms with Crippen LogP contribution in [0.5, 0.6) is 0 Å². The third-order valence-electron chi connectivity index (χ3n) is 1.69. The van der Waals surface area contributed by atoms with E-state index in [1.165, 1.54) is 12.1 Å². The molecule has 0 heterocycles. The van der Waals surface area contributed by atoms with E-state index in [1.807, 2.05) is 0 Å². The molecule has 0 spiro atoms. The van der Waals surface area contributed by atoms with Gasteiger partial charge in [0.05, 0.1) is 16.8 Å². The molecule has 0 aromatic heterocycles. The van der Waals surface area contributed by atoms with Gasteiger partial charge in [0.25, 0.3) is 0 Å². The van der Waals surface area contributed by atoms with Crippen molar-refractivity contribution in [2.24, 2.45) is 0 Å². The molecular weight excluding hydrogens is 207 g/mol. The zero-order chi connectivity index (χ0) is 10.6. The predicted molar refractivity (Wildman–Crippen MR) is 50.5 cm³/mol. The Labute approximate surface area is 82.1 Å². The number of alkyl halides is 1. The van der Waals surface area contributed by atoms with Gasteiger partial charge >= 0.3 is 0 Å². The Bertz CT molecular complexity index is 374. The van der Waals surface area contributed by atoms with Crippen LogP contribution in [0.25, 0.3) is 0 Å². The Morgan fingerprint density at radius 3 is 2.36 bits per heavy atom. The number of hydrogen-bond donors (Lipinski definition) is 1. The van der Waals surface area contributed by atoms with Crippen molar-refractivity contribution in [3.63, 3.8) is 0 Å². The molecule has 0 saturated carbocycles. The quantitative estimate of drug-likeness (QED) is 0.813. The Balaban J connectivity index is 2.87. The number of halogens is 1. The van der Waals surface area contributed by atoms with E-state index in [0.717, 1.165) is 0 Å². The Morgan fingerprint density at radius 2 is 1.86 bits per heavy atom. The highest BCUT2D eigenvalue weighted by Gasteiger charge is 2.18. The molecule has 0 fully saturated rings. The summed E-state index contributed by atoms with van der Waals surface area (Å²) in [5.41, 5.74) is 0. The van der Waals surface area contributed by atoms with Gasteiger partial charge in [-0.15, -0.1) is 0 Å². The highest BCUT2D eigenvalue weighted by Crippen LogP contribution is 2.11. The molecule has 1 rings (SSSR count). The first-order valence-corrected chi connectivity index (χ1v) is 5.73. The van der Waals surface area contributed by atoms with Crippen molar-refractivity contribution in [1.29, 1.82) is 0 Å². The Morgan fingerprint density at radius 1 is 1.29 bits per heavy atom. The summed E-state index contributed by atoms with van der Waals surface area (Å²) in [5.74, 6) is -0.576. The smallest absolute Gasteiger partial charge is 0.181 e. The zero-order valence-electron chi connectivity index (χ0n) is 7.43. The van der Waals surface area contributed by atoms with Crippen LogP contribution in [0.1, 0.15) is 0 Å². The van der Waals surface area contributed by atoms with Gasteiger partial charge in [-0.2, -0.15) is 0 Å². The summed E-state index contributed by atoms with van der Waals surface area (Å²) in [7, 11) is -3.56. The van der Waals surface area contributed by atoms with Gasteiger partial charge in [-0.25, -0.2) is 12.8 Å². The van der Waals surface area contributed by atoms with E-state index in [1.54, 1.807) is 18.2 Å². The SMILES string of the molecule is O=S(=O)(CC(O)CF)c1ccccc1. The number of benzene rings is 1. The molecule has 0 aliphatic rings. The predicted octanol–water partition coefficient (Wildman–Crippen LogP) is 0.791. The number of rotatable bonds is 4. The molecule has 1 aromatic carbocycles. The summed E-state index contributed by atoms with van der Waals surface area (Å²) in [6.45, 7) is -1.05. The van der Waals surface area contributed by atoms with E-state index in [4.69, 9.17) is 5.11 Å². The molecule has 0 saturated heterocycles. The fourth-order valence-corrected chi connectivity index (χ4v) is 2.38.